The third-order valence-corrected chi connectivity index (χ3v) is 4.15. The van der Waals surface area contributed by atoms with Crippen LogP contribution in [0.3, 0.4) is 0 Å². The average molecular weight is 320 g/mol. The van der Waals surface area contributed by atoms with Crippen molar-refractivity contribution in [2.45, 2.75) is 33.1 Å². The van der Waals surface area contributed by atoms with E-state index in [2.05, 4.69) is 29.2 Å². The lowest BCUT2D eigenvalue weighted by Crippen LogP contribution is -2.29. The van der Waals surface area contributed by atoms with Gasteiger partial charge in [0.15, 0.2) is 6.29 Å². The lowest BCUT2D eigenvalue weighted by atomic mass is 10.0. The molecule has 3 heteroatoms. The Morgan fingerprint density at radius 3 is 2.38 bits per heavy atom. The van der Waals surface area contributed by atoms with E-state index in [1.807, 2.05) is 32.0 Å². The third kappa shape index (κ3) is 4.23. The summed E-state index contributed by atoms with van der Waals surface area (Å²) in [6, 6.07) is 14.4. The van der Waals surface area contributed by atoms with Crippen LogP contribution in [0.5, 0.6) is 0 Å². The molecule has 0 aromatic heterocycles. The smallest absolute Gasteiger partial charge is 0.160 e. The van der Waals surface area contributed by atoms with E-state index in [0.29, 0.717) is 6.29 Å². The number of allylic oxidation sites excluding steroid dienone is 1. The predicted molar refractivity (Wildman–Crippen MR) is 101 cm³/mol. The van der Waals surface area contributed by atoms with E-state index >= 15 is 0 Å². The van der Waals surface area contributed by atoms with Gasteiger partial charge in [-0.15, -0.1) is 0 Å². The molecule has 24 heavy (non-hydrogen) atoms. The summed E-state index contributed by atoms with van der Waals surface area (Å²) in [5.41, 5.74) is 2.30. The van der Waals surface area contributed by atoms with Gasteiger partial charge in [0.05, 0.1) is 5.57 Å². The van der Waals surface area contributed by atoms with Crippen molar-refractivity contribution < 1.29 is 4.79 Å². The quantitative estimate of drug-likeness (QED) is 0.456. The molecule has 1 aliphatic heterocycles. The number of benzene rings is 2. The van der Waals surface area contributed by atoms with Crippen LogP contribution in [0.25, 0.3) is 16.8 Å². The second kappa shape index (κ2) is 8.88. The highest BCUT2D eigenvalue weighted by Crippen LogP contribution is 2.26. The molecular weight excluding hydrogens is 296 g/mol. The van der Waals surface area contributed by atoms with Crippen LogP contribution in [0.15, 0.2) is 42.0 Å². The molecule has 1 saturated heterocycles. The minimum Gasteiger partial charge on any atom is -0.372 e. The van der Waals surface area contributed by atoms with Crippen LogP contribution in [0.4, 0.5) is 5.69 Å². The summed E-state index contributed by atoms with van der Waals surface area (Å²) in [5, 5.41) is 11.1. The topological polar surface area (TPSA) is 44.1 Å². The van der Waals surface area contributed by atoms with E-state index in [-0.39, 0.29) is 5.57 Å². The second-order valence-electron chi connectivity index (χ2n) is 5.67. The van der Waals surface area contributed by atoms with Crippen molar-refractivity contribution in [3.63, 3.8) is 0 Å². The lowest BCUT2D eigenvalue weighted by Gasteiger charge is -2.29. The molecule has 3 rings (SSSR count). The summed E-state index contributed by atoms with van der Waals surface area (Å²) in [5.74, 6) is 0. The van der Waals surface area contributed by atoms with Crippen molar-refractivity contribution in [3.05, 3.63) is 47.5 Å². The zero-order valence-corrected chi connectivity index (χ0v) is 14.5. The molecule has 0 unspecified atom stereocenters. The highest BCUT2D eigenvalue weighted by atomic mass is 16.1. The molecular formula is C21H24N2O. The van der Waals surface area contributed by atoms with Crippen molar-refractivity contribution in [2.24, 2.45) is 0 Å². The number of nitriles is 1. The van der Waals surface area contributed by atoms with Crippen molar-refractivity contribution in [1.29, 1.82) is 5.26 Å². The molecule has 1 heterocycles. The summed E-state index contributed by atoms with van der Waals surface area (Å²) in [6.45, 7) is 6.27. The maximum absolute atomic E-state index is 10.7. The first-order chi connectivity index (χ1) is 11.8. The van der Waals surface area contributed by atoms with E-state index in [0.717, 1.165) is 24.0 Å². The van der Waals surface area contributed by atoms with Gasteiger partial charge in [0, 0.05) is 18.8 Å². The molecule has 0 spiro atoms. The SMILES string of the molecule is CC.N#C/C(C=O)=C\c1ccc2cc(N3CCCCC3)ccc2c1. The fraction of sp³-hybridized carbons (Fsp3) is 0.333. The number of piperidine rings is 1. The maximum Gasteiger partial charge on any atom is 0.160 e. The number of fused-ring (bicyclic) bond motifs is 1. The summed E-state index contributed by atoms with van der Waals surface area (Å²) in [4.78, 5) is 13.2. The van der Waals surface area contributed by atoms with Gasteiger partial charge in [0.1, 0.15) is 6.07 Å². The van der Waals surface area contributed by atoms with Crippen LogP contribution >= 0.6 is 0 Å². The van der Waals surface area contributed by atoms with Gasteiger partial charge in [-0.1, -0.05) is 32.0 Å². The Morgan fingerprint density at radius 2 is 1.71 bits per heavy atom. The van der Waals surface area contributed by atoms with Gasteiger partial charge in [0.25, 0.3) is 0 Å². The van der Waals surface area contributed by atoms with Gasteiger partial charge < -0.3 is 4.90 Å². The summed E-state index contributed by atoms with van der Waals surface area (Å²) < 4.78 is 0. The number of hydrogen-bond acceptors (Lipinski definition) is 3. The van der Waals surface area contributed by atoms with Gasteiger partial charge in [-0.25, -0.2) is 0 Å². The van der Waals surface area contributed by atoms with E-state index in [9.17, 15) is 4.79 Å². The Balaban J connectivity index is 0.00000100. The number of aldehydes is 1. The Hall–Kier alpha value is -2.60. The number of hydrogen-bond donors (Lipinski definition) is 0. The minimum atomic E-state index is 0.143. The van der Waals surface area contributed by atoms with E-state index < -0.39 is 0 Å². The first kappa shape index (κ1) is 17.7. The summed E-state index contributed by atoms with van der Waals surface area (Å²) in [7, 11) is 0. The van der Waals surface area contributed by atoms with Gasteiger partial charge in [0.2, 0.25) is 0 Å². The molecule has 1 aliphatic rings. The van der Waals surface area contributed by atoms with Crippen LogP contribution in [0.1, 0.15) is 38.7 Å². The third-order valence-electron chi connectivity index (χ3n) is 4.15. The molecule has 1 fully saturated rings. The van der Waals surface area contributed by atoms with E-state index in [4.69, 9.17) is 5.26 Å². The minimum absolute atomic E-state index is 0.143. The fourth-order valence-electron chi connectivity index (χ4n) is 2.96. The van der Waals surface area contributed by atoms with E-state index in [1.54, 1.807) is 6.08 Å². The highest BCUT2D eigenvalue weighted by Gasteiger charge is 2.11. The first-order valence-electron chi connectivity index (χ1n) is 8.66. The zero-order chi connectivity index (χ0) is 17.4. The van der Waals surface area contributed by atoms with Gasteiger partial charge in [-0.05, 0) is 59.9 Å². The van der Waals surface area contributed by atoms with Crippen molar-refractivity contribution in [3.8, 4) is 6.07 Å². The monoisotopic (exact) mass is 320 g/mol. The van der Waals surface area contributed by atoms with Crippen LogP contribution in [0, 0.1) is 11.3 Å². The molecule has 0 saturated carbocycles. The van der Waals surface area contributed by atoms with Gasteiger partial charge in [-0.3, -0.25) is 4.79 Å². The normalized spacial score (nSPS) is 14.5. The molecule has 0 bridgehead atoms. The highest BCUT2D eigenvalue weighted by molar-refractivity contribution is 5.91. The average Bonchev–Trinajstić information content (AvgIpc) is 2.68. The Kier molecular flexibility index (Phi) is 6.57. The van der Waals surface area contributed by atoms with E-state index in [1.165, 1.54) is 30.3 Å². The zero-order valence-electron chi connectivity index (χ0n) is 14.5. The Bertz CT molecular complexity index is 765. The molecule has 124 valence electrons. The second-order valence-corrected chi connectivity index (χ2v) is 5.67. The summed E-state index contributed by atoms with van der Waals surface area (Å²) >= 11 is 0. The van der Waals surface area contributed by atoms with Crippen molar-refractivity contribution >= 4 is 28.8 Å². The number of anilines is 1. The first-order valence-corrected chi connectivity index (χ1v) is 8.66. The number of nitrogens with zero attached hydrogens (tertiary/aromatic N) is 2. The molecule has 0 aliphatic carbocycles. The summed E-state index contributed by atoms with van der Waals surface area (Å²) in [6.07, 6.45) is 6.07. The standard InChI is InChI=1S/C19H18N2O.C2H6/c20-13-16(14-22)10-15-4-5-18-12-19(7-6-17(18)11-15)21-8-2-1-3-9-21;1-2/h4-7,10-12,14H,1-3,8-9H2;1-2H3/b16-10+;. The van der Waals surface area contributed by atoms with Crippen LogP contribution < -0.4 is 4.90 Å². The van der Waals surface area contributed by atoms with Crippen molar-refractivity contribution in [1.82, 2.24) is 0 Å². The molecule has 0 radical (unpaired) electrons. The molecule has 0 atom stereocenters. The maximum atomic E-state index is 10.7. The molecule has 2 aromatic carbocycles. The number of carbonyl (C=O) groups is 1. The van der Waals surface area contributed by atoms with Crippen LogP contribution in [0.2, 0.25) is 0 Å². The lowest BCUT2D eigenvalue weighted by molar-refractivity contribution is -0.104. The number of carbonyl (C=O) groups excluding carboxylic acids is 1. The largest absolute Gasteiger partial charge is 0.372 e. The molecule has 3 nitrogen and oxygen atoms in total. The Morgan fingerprint density at radius 1 is 1.04 bits per heavy atom. The molecule has 2 aromatic rings. The number of rotatable bonds is 3. The fourth-order valence-corrected chi connectivity index (χ4v) is 2.96. The van der Waals surface area contributed by atoms with Gasteiger partial charge >= 0.3 is 0 Å². The predicted octanol–water partition coefficient (Wildman–Crippen LogP) is 4.96. The molecule has 0 N–H and O–H groups in total. The van der Waals surface area contributed by atoms with Crippen LogP contribution in [-0.4, -0.2) is 19.4 Å². The molecule has 0 amide bonds. The Labute approximate surface area is 144 Å². The van der Waals surface area contributed by atoms with Crippen LogP contribution in [-0.2, 0) is 4.79 Å². The van der Waals surface area contributed by atoms with Gasteiger partial charge in [-0.2, -0.15) is 5.26 Å². The van der Waals surface area contributed by atoms with Crippen molar-refractivity contribution in [2.75, 3.05) is 18.0 Å².